The molecule has 5 heteroatoms. The van der Waals surface area contributed by atoms with E-state index in [1.807, 2.05) is 18.2 Å². The number of thiazole rings is 1. The number of nitrogen functional groups attached to an aromatic ring is 1. The molecule has 0 spiro atoms. The monoisotopic (exact) mass is 305 g/mol. The number of nitrogens with two attached hydrogens (primary N) is 1. The van der Waals surface area contributed by atoms with Gasteiger partial charge in [-0.3, -0.25) is 0 Å². The molecule has 114 valence electrons. The highest BCUT2D eigenvalue weighted by molar-refractivity contribution is 7.09. The van der Waals surface area contributed by atoms with Crippen molar-refractivity contribution in [2.75, 3.05) is 33.0 Å². The predicted molar refractivity (Wildman–Crippen MR) is 90.0 cm³/mol. The normalized spacial score (nSPS) is 11.0. The van der Waals surface area contributed by atoms with E-state index in [0.29, 0.717) is 12.3 Å². The molecule has 0 saturated carbocycles. The molecule has 0 amide bonds. The maximum absolute atomic E-state index is 6.08. The fourth-order valence-electron chi connectivity index (χ4n) is 2.01. The number of benzene rings is 1. The second kappa shape index (κ2) is 7.43. The highest BCUT2D eigenvalue weighted by Gasteiger charge is 2.07. The second-order valence-electron chi connectivity index (χ2n) is 5.24. The lowest BCUT2D eigenvalue weighted by Crippen LogP contribution is -2.15. The van der Waals surface area contributed by atoms with Crippen molar-refractivity contribution in [2.45, 2.75) is 19.8 Å². The van der Waals surface area contributed by atoms with Crippen LogP contribution in [0.25, 0.3) is 11.3 Å². The molecule has 0 atom stereocenters. The van der Waals surface area contributed by atoms with Crippen molar-refractivity contribution in [1.82, 2.24) is 9.88 Å². The zero-order valence-corrected chi connectivity index (χ0v) is 13.7. The van der Waals surface area contributed by atoms with Crippen LogP contribution in [-0.4, -0.2) is 37.1 Å². The third kappa shape index (κ3) is 4.44. The first-order chi connectivity index (χ1) is 10.1. The lowest BCUT2D eigenvalue weighted by Gasteiger charge is -2.12. The molecule has 4 nitrogen and oxygen atoms in total. The SMILES string of the molecule is CCc1nc(-c2ccc(OCCCN(C)C)c(N)c2)cs1. The molecule has 1 aromatic heterocycles. The van der Waals surface area contributed by atoms with Crippen LogP contribution < -0.4 is 10.5 Å². The van der Waals surface area contributed by atoms with Crippen molar-refractivity contribution in [3.05, 3.63) is 28.6 Å². The predicted octanol–water partition coefficient (Wildman–Crippen LogP) is 3.29. The second-order valence-corrected chi connectivity index (χ2v) is 6.18. The molecule has 0 unspecified atom stereocenters. The Morgan fingerprint density at radius 3 is 2.76 bits per heavy atom. The van der Waals surface area contributed by atoms with Crippen molar-refractivity contribution < 1.29 is 4.74 Å². The largest absolute Gasteiger partial charge is 0.491 e. The maximum Gasteiger partial charge on any atom is 0.142 e. The summed E-state index contributed by atoms with van der Waals surface area (Å²) in [6.45, 7) is 3.80. The minimum atomic E-state index is 0.670. The summed E-state index contributed by atoms with van der Waals surface area (Å²) >= 11 is 1.69. The Morgan fingerprint density at radius 1 is 1.33 bits per heavy atom. The molecule has 1 heterocycles. The minimum absolute atomic E-state index is 0.670. The van der Waals surface area contributed by atoms with Crippen LogP contribution in [0.4, 0.5) is 5.69 Å². The Balaban J connectivity index is 2.00. The Labute approximate surface area is 130 Å². The van der Waals surface area contributed by atoms with Gasteiger partial charge in [-0.05, 0) is 45.1 Å². The number of hydrogen-bond acceptors (Lipinski definition) is 5. The first kappa shape index (κ1) is 15.8. The van der Waals surface area contributed by atoms with Crippen LogP contribution in [0, 0.1) is 0 Å². The topological polar surface area (TPSA) is 51.4 Å². The molecule has 0 aliphatic heterocycles. The van der Waals surface area contributed by atoms with Crippen LogP contribution in [0.3, 0.4) is 0 Å². The Kier molecular flexibility index (Phi) is 5.59. The number of aryl methyl sites for hydroxylation is 1. The third-order valence-corrected chi connectivity index (χ3v) is 4.16. The van der Waals surface area contributed by atoms with E-state index in [4.69, 9.17) is 10.5 Å². The van der Waals surface area contributed by atoms with Crippen molar-refractivity contribution in [3.63, 3.8) is 0 Å². The van der Waals surface area contributed by atoms with Gasteiger partial charge in [0, 0.05) is 17.5 Å². The average Bonchev–Trinajstić information content (AvgIpc) is 2.93. The Morgan fingerprint density at radius 2 is 2.14 bits per heavy atom. The summed E-state index contributed by atoms with van der Waals surface area (Å²) in [4.78, 5) is 6.72. The van der Waals surface area contributed by atoms with Gasteiger partial charge < -0.3 is 15.4 Å². The number of rotatable bonds is 7. The van der Waals surface area contributed by atoms with E-state index in [1.165, 1.54) is 0 Å². The van der Waals surface area contributed by atoms with E-state index in [1.54, 1.807) is 11.3 Å². The lowest BCUT2D eigenvalue weighted by molar-refractivity contribution is 0.283. The fraction of sp³-hybridized carbons (Fsp3) is 0.438. The van der Waals surface area contributed by atoms with E-state index in [9.17, 15) is 0 Å². The summed E-state index contributed by atoms with van der Waals surface area (Å²) < 4.78 is 5.73. The molecule has 0 saturated heterocycles. The minimum Gasteiger partial charge on any atom is -0.491 e. The molecule has 0 radical (unpaired) electrons. The van der Waals surface area contributed by atoms with E-state index in [0.717, 1.165) is 41.4 Å². The van der Waals surface area contributed by atoms with Gasteiger partial charge in [-0.25, -0.2) is 4.98 Å². The maximum atomic E-state index is 6.08. The molecule has 0 aliphatic rings. The van der Waals surface area contributed by atoms with Gasteiger partial charge in [-0.2, -0.15) is 0 Å². The molecule has 1 aromatic carbocycles. The molecule has 2 aromatic rings. The molecule has 21 heavy (non-hydrogen) atoms. The van der Waals surface area contributed by atoms with Crippen LogP contribution in [-0.2, 0) is 6.42 Å². The quantitative estimate of drug-likeness (QED) is 0.630. The Bertz CT molecular complexity index is 581. The van der Waals surface area contributed by atoms with E-state index >= 15 is 0 Å². The first-order valence-corrected chi connectivity index (χ1v) is 8.10. The van der Waals surface area contributed by atoms with Crippen molar-refractivity contribution in [3.8, 4) is 17.0 Å². The lowest BCUT2D eigenvalue weighted by atomic mass is 10.1. The molecule has 0 fully saturated rings. The first-order valence-electron chi connectivity index (χ1n) is 7.22. The summed E-state index contributed by atoms with van der Waals surface area (Å²) in [6, 6.07) is 5.90. The summed E-state index contributed by atoms with van der Waals surface area (Å²) in [7, 11) is 4.11. The standard InChI is InChI=1S/C16H23N3OS/c1-4-16-18-14(11-21-16)12-6-7-15(13(17)10-12)20-9-5-8-19(2)3/h6-7,10-11H,4-5,8-9,17H2,1-3H3. The van der Waals surface area contributed by atoms with Gasteiger partial charge >= 0.3 is 0 Å². The summed E-state index contributed by atoms with van der Waals surface area (Å²) in [5.74, 6) is 0.753. The number of nitrogens with zero attached hydrogens (tertiary/aromatic N) is 2. The highest BCUT2D eigenvalue weighted by Crippen LogP contribution is 2.29. The molecule has 0 aliphatic carbocycles. The van der Waals surface area contributed by atoms with E-state index in [-0.39, 0.29) is 0 Å². The van der Waals surface area contributed by atoms with Crippen LogP contribution in [0.5, 0.6) is 5.75 Å². The highest BCUT2D eigenvalue weighted by atomic mass is 32.1. The smallest absolute Gasteiger partial charge is 0.142 e. The van der Waals surface area contributed by atoms with Gasteiger partial charge in [0.15, 0.2) is 0 Å². The summed E-state index contributed by atoms with van der Waals surface area (Å²) in [5.41, 5.74) is 8.78. The molecular weight excluding hydrogens is 282 g/mol. The zero-order valence-electron chi connectivity index (χ0n) is 12.9. The van der Waals surface area contributed by atoms with Crippen molar-refractivity contribution in [2.24, 2.45) is 0 Å². The van der Waals surface area contributed by atoms with Crippen LogP contribution in [0.1, 0.15) is 18.4 Å². The molecule has 2 rings (SSSR count). The summed E-state index contributed by atoms with van der Waals surface area (Å²) in [6.07, 6.45) is 1.95. The molecule has 2 N–H and O–H groups in total. The van der Waals surface area contributed by atoms with Crippen molar-refractivity contribution >= 4 is 17.0 Å². The number of ether oxygens (including phenoxy) is 1. The number of anilines is 1. The van der Waals surface area contributed by atoms with Crippen LogP contribution in [0.2, 0.25) is 0 Å². The average molecular weight is 305 g/mol. The van der Waals surface area contributed by atoms with Crippen LogP contribution >= 0.6 is 11.3 Å². The van der Waals surface area contributed by atoms with E-state index in [2.05, 4.69) is 36.3 Å². The van der Waals surface area contributed by atoms with Crippen molar-refractivity contribution in [1.29, 1.82) is 0 Å². The summed E-state index contributed by atoms with van der Waals surface area (Å²) in [5, 5.41) is 3.22. The molecular formula is C16H23N3OS. The third-order valence-electron chi connectivity index (χ3n) is 3.17. The van der Waals surface area contributed by atoms with Gasteiger partial charge in [0.25, 0.3) is 0 Å². The van der Waals surface area contributed by atoms with Gasteiger partial charge in [0.2, 0.25) is 0 Å². The zero-order chi connectivity index (χ0) is 15.2. The van der Waals surface area contributed by atoms with Crippen LogP contribution in [0.15, 0.2) is 23.6 Å². The van der Waals surface area contributed by atoms with Gasteiger partial charge in [0.1, 0.15) is 5.75 Å². The molecule has 0 bridgehead atoms. The fourth-order valence-corrected chi connectivity index (χ4v) is 2.76. The Hall–Kier alpha value is -1.59. The van der Waals surface area contributed by atoms with Gasteiger partial charge in [-0.15, -0.1) is 11.3 Å². The number of aromatic nitrogens is 1. The van der Waals surface area contributed by atoms with Gasteiger partial charge in [-0.1, -0.05) is 6.92 Å². The van der Waals surface area contributed by atoms with E-state index < -0.39 is 0 Å². The number of hydrogen-bond donors (Lipinski definition) is 1. The van der Waals surface area contributed by atoms with Gasteiger partial charge in [0.05, 0.1) is 23.0 Å².